The SMILES string of the molecule is C#CCN1CCN(C(=O)C[C@@H]2N=C(c3ccc(Cl)cc3)c3c(sc(C)c3C)-n3c(C)nnc32)CC1.CC(=O)N1CCN(C(=O)C[C@@H]2N=C(c3ccc(Cl)cc3)c3c(sc(C)c3C)-n3c(C)nnc32)CC1.CCC(=O)N1CCN(C(=O)C[C@@H]2N=C(c3ccc(Cl)cc3)c3c(sc(C)c3C)-n3c(C)nnc32)CC1.CCN1CCN(C(=O)C[C@@H]2N=C(c3ccc(Cl)cc3)c3c(sc(C)c3C)-n3c(C)nnc32)CC1. The number of fused-ring (bicyclic) bond motifs is 12. The van der Waals surface area contributed by atoms with Crippen LogP contribution in [0.15, 0.2) is 117 Å². The molecular weight excluding hydrogens is 1930 g/mol. The lowest BCUT2D eigenvalue weighted by Crippen LogP contribution is -2.50. The molecule has 0 spiro atoms. The van der Waals surface area contributed by atoms with Crippen LogP contribution in [0.4, 0.5) is 0 Å². The molecule has 16 heterocycles. The smallest absolute Gasteiger partial charge is 0.225 e. The van der Waals surface area contributed by atoms with Crippen molar-refractivity contribution in [3.05, 3.63) is 250 Å². The van der Waals surface area contributed by atoms with Gasteiger partial charge in [0.15, 0.2) is 23.3 Å². The van der Waals surface area contributed by atoms with Crippen molar-refractivity contribution in [3.8, 4) is 32.3 Å². The van der Waals surface area contributed by atoms with Crippen LogP contribution in [0.1, 0.15) is 210 Å². The van der Waals surface area contributed by atoms with Gasteiger partial charge in [0, 0.05) is 202 Å². The Morgan fingerprint density at radius 1 is 0.321 bits per heavy atom. The summed E-state index contributed by atoms with van der Waals surface area (Å²) in [5.41, 5.74) is 16.2. The molecule has 4 fully saturated rings. The van der Waals surface area contributed by atoms with Gasteiger partial charge < -0.3 is 34.3 Å². The second kappa shape index (κ2) is 42.7. The third-order valence-corrected chi connectivity index (χ3v) is 33.3. The van der Waals surface area contributed by atoms with Gasteiger partial charge in [-0.15, -0.1) is 92.6 Å². The molecule has 728 valence electrons. The quantitative estimate of drug-likeness (QED) is 0.0861. The Labute approximate surface area is 850 Å². The van der Waals surface area contributed by atoms with Crippen molar-refractivity contribution >= 4 is 150 Å². The normalized spacial score (nSPS) is 17.8. The lowest BCUT2D eigenvalue weighted by molar-refractivity contribution is -0.139. The molecule has 8 aromatic heterocycles. The van der Waals surface area contributed by atoms with Gasteiger partial charge in [0.25, 0.3) is 0 Å². The number of aryl methyl sites for hydroxylation is 8. The summed E-state index contributed by atoms with van der Waals surface area (Å²) in [6.07, 6.45) is 6.80. The number of carbonyl (C=O) groups is 6. The van der Waals surface area contributed by atoms with Crippen molar-refractivity contribution in [2.24, 2.45) is 20.0 Å². The summed E-state index contributed by atoms with van der Waals surface area (Å²) in [5.74, 6) is 8.95. The van der Waals surface area contributed by atoms with E-state index in [0.29, 0.717) is 116 Å². The number of piperazine rings is 4. The fourth-order valence-corrected chi connectivity index (χ4v) is 24.4. The van der Waals surface area contributed by atoms with Gasteiger partial charge in [0.1, 0.15) is 67.5 Å². The molecule has 0 bridgehead atoms. The maximum absolute atomic E-state index is 13.4. The van der Waals surface area contributed by atoms with Gasteiger partial charge in [-0.2, -0.15) is 0 Å². The van der Waals surface area contributed by atoms with Crippen molar-refractivity contribution < 1.29 is 28.8 Å². The van der Waals surface area contributed by atoms with Crippen molar-refractivity contribution in [2.75, 3.05) is 118 Å². The Balaban J connectivity index is 0.000000129. The number of carbonyl (C=O) groups excluding carboxylic acids is 6. The standard InChI is InChI=1S/C26H29ClN6O2S.C26H27ClN6OS.C25H27ClN6O2S.C25H29ClN6OS/c1-5-21(34)31-10-12-32(13-11-31)22(35)14-20-25-30-29-17(4)33(25)26-23(15(2)16(3)36-26)24(28-20)18-6-8-19(27)9-7-18;1-5-10-31-11-13-32(14-12-31)22(34)15-21-25-30-29-18(4)33(25)26-23(16(2)17(3)35-26)24(28-21)19-6-8-20(27)9-7-19;1-14-15(2)35-25-22(14)23(18-5-7-19(26)8-6-18)27-20(24-29-28-16(3)32(24)25)13-21(34)31-11-9-30(10-12-31)17(4)33;1-5-30-10-12-31(13-11-30)21(33)14-20-24-29-28-17(4)32(24)25-22(15(2)16(3)34-25)23(27-20)18-6-8-19(26)9-7-18/h6-9,20H,5,10-14H2,1-4H3;1,6-9,21H,10-15H2,2-4H3;5-8,20H,9-13H2,1-4H3;6-9,20H,5,10-14H2,1-4H3/t20-;21-;2*20-/m0000/s1. The lowest BCUT2D eigenvalue weighted by Gasteiger charge is -2.35. The summed E-state index contributed by atoms with van der Waals surface area (Å²) in [6.45, 7) is 42.5. The number of terminal acetylenes is 1. The molecule has 0 saturated carbocycles. The number of thiophene rings is 4. The van der Waals surface area contributed by atoms with E-state index in [9.17, 15) is 28.8 Å². The molecule has 6 amide bonds. The number of aromatic nitrogens is 12. The second-order valence-corrected chi connectivity index (χ2v) is 42.7. The average molecular weight is 2040 g/mol. The van der Waals surface area contributed by atoms with E-state index < -0.39 is 24.2 Å². The molecule has 0 aliphatic carbocycles. The topological polar surface area (TPSA) is 301 Å². The summed E-state index contributed by atoms with van der Waals surface area (Å²) in [6, 6.07) is 29.0. The maximum Gasteiger partial charge on any atom is 0.225 e. The molecular formula is C102H112Cl4N24O6S4. The van der Waals surface area contributed by atoms with Crippen molar-refractivity contribution in [1.29, 1.82) is 0 Å². The minimum Gasteiger partial charge on any atom is -0.340 e. The predicted molar refractivity (Wildman–Crippen MR) is 554 cm³/mol. The van der Waals surface area contributed by atoms with Gasteiger partial charge in [-0.05, 0) is 160 Å². The van der Waals surface area contributed by atoms with Crippen molar-refractivity contribution in [1.82, 2.24) is 98.3 Å². The van der Waals surface area contributed by atoms with Crippen LogP contribution in [0.5, 0.6) is 0 Å². The van der Waals surface area contributed by atoms with Gasteiger partial charge in [0.2, 0.25) is 35.4 Å². The third kappa shape index (κ3) is 20.5. The van der Waals surface area contributed by atoms with Crippen LogP contribution in [-0.4, -0.2) is 274 Å². The van der Waals surface area contributed by atoms with E-state index in [1.54, 1.807) is 57.2 Å². The molecule has 4 aromatic carbocycles. The average Bonchev–Trinajstić information content (AvgIpc) is 1.60. The van der Waals surface area contributed by atoms with Crippen LogP contribution in [0.2, 0.25) is 20.1 Å². The zero-order valence-corrected chi connectivity index (χ0v) is 87.5. The number of rotatable bonds is 15. The highest BCUT2D eigenvalue weighted by atomic mass is 35.5. The van der Waals surface area contributed by atoms with Crippen LogP contribution in [0.3, 0.4) is 0 Å². The molecule has 8 aliphatic heterocycles. The number of nitrogens with zero attached hydrogens (tertiary/aromatic N) is 24. The van der Waals surface area contributed by atoms with Gasteiger partial charge in [-0.25, -0.2) is 0 Å². The Kier molecular flexibility index (Phi) is 30.5. The van der Waals surface area contributed by atoms with Crippen molar-refractivity contribution in [2.45, 2.75) is 160 Å². The molecule has 0 unspecified atom stereocenters. The van der Waals surface area contributed by atoms with Gasteiger partial charge in [-0.3, -0.25) is 71.9 Å². The Hall–Kier alpha value is -11.6. The first kappa shape index (κ1) is 99.9. The maximum atomic E-state index is 13.4. The largest absolute Gasteiger partial charge is 0.340 e. The Morgan fingerprint density at radius 3 is 0.764 bits per heavy atom. The highest BCUT2D eigenvalue weighted by Gasteiger charge is 2.41. The van der Waals surface area contributed by atoms with E-state index in [-0.39, 0.29) is 61.1 Å². The summed E-state index contributed by atoms with van der Waals surface area (Å²) in [5, 5.41) is 42.3. The first-order valence-electron chi connectivity index (χ1n) is 47.2. The van der Waals surface area contributed by atoms with E-state index >= 15 is 0 Å². The minimum absolute atomic E-state index is 0.00256. The number of aliphatic imine (C=N–C) groups is 4. The third-order valence-electron chi connectivity index (χ3n) is 27.5. The molecule has 140 heavy (non-hydrogen) atoms. The van der Waals surface area contributed by atoms with Crippen LogP contribution in [-0.2, 0) is 28.8 Å². The summed E-state index contributed by atoms with van der Waals surface area (Å²) in [7, 11) is 0. The first-order valence-corrected chi connectivity index (χ1v) is 52.0. The molecule has 4 saturated heterocycles. The van der Waals surface area contributed by atoms with Gasteiger partial charge >= 0.3 is 0 Å². The summed E-state index contributed by atoms with van der Waals surface area (Å²) >= 11 is 31.5. The predicted octanol–water partition coefficient (Wildman–Crippen LogP) is 16.5. The zero-order chi connectivity index (χ0) is 99.1. The molecule has 0 N–H and O–H groups in total. The fourth-order valence-electron chi connectivity index (χ4n) is 19.0. The molecule has 0 radical (unpaired) electrons. The summed E-state index contributed by atoms with van der Waals surface area (Å²) < 4.78 is 8.29. The number of amides is 6. The number of hydrogen-bond donors (Lipinski definition) is 0. The summed E-state index contributed by atoms with van der Waals surface area (Å²) in [4.78, 5) is 119. The van der Waals surface area contributed by atoms with Crippen LogP contribution >= 0.6 is 91.8 Å². The first-order chi connectivity index (χ1) is 67.3. The van der Waals surface area contributed by atoms with E-state index in [2.05, 4.69) is 137 Å². The molecule has 20 rings (SSSR count). The highest BCUT2D eigenvalue weighted by molar-refractivity contribution is 7.16. The number of benzene rings is 4. The fraction of sp³-hybridized carbons (Fsp3) is 0.412. The number of likely N-dealkylation sites (N-methyl/N-ethyl adjacent to an activating group) is 1. The lowest BCUT2D eigenvalue weighted by atomic mass is 9.99. The Morgan fingerprint density at radius 2 is 0.543 bits per heavy atom. The van der Waals surface area contributed by atoms with Crippen LogP contribution in [0.25, 0.3) is 20.0 Å². The Bertz CT molecular complexity index is 6920. The molecule has 38 heteroatoms. The van der Waals surface area contributed by atoms with E-state index in [0.717, 1.165) is 173 Å². The van der Waals surface area contributed by atoms with Crippen molar-refractivity contribution in [3.63, 3.8) is 0 Å². The van der Waals surface area contributed by atoms with E-state index in [1.807, 2.05) is 156 Å². The second-order valence-electron chi connectivity index (χ2n) is 36.1. The van der Waals surface area contributed by atoms with E-state index in [4.69, 9.17) is 72.8 Å². The van der Waals surface area contributed by atoms with Crippen LogP contribution in [0, 0.1) is 95.4 Å². The van der Waals surface area contributed by atoms with Gasteiger partial charge in [-0.1, -0.05) is 115 Å². The molecule has 8 aliphatic rings. The zero-order valence-electron chi connectivity index (χ0n) is 81.2. The molecule has 12 aromatic rings. The van der Waals surface area contributed by atoms with Crippen LogP contribution < -0.4 is 0 Å². The number of halogens is 4. The van der Waals surface area contributed by atoms with Gasteiger partial charge in [0.05, 0.1) is 55.1 Å². The van der Waals surface area contributed by atoms with E-state index in [1.165, 1.54) is 30.6 Å². The molecule has 4 atom stereocenters. The monoisotopic (exact) mass is 2040 g/mol. The molecule has 30 nitrogen and oxygen atoms in total. The number of hydrogen-bond acceptors (Lipinski definition) is 24. The highest BCUT2D eigenvalue weighted by Crippen LogP contribution is 2.46. The minimum atomic E-state index is -0.487.